The molecule has 0 aromatic carbocycles. The molecule has 0 unspecified atom stereocenters. The highest BCUT2D eigenvalue weighted by Crippen LogP contribution is 2.23. The monoisotopic (exact) mass is 259 g/mol. The number of halogens is 1. The van der Waals surface area contributed by atoms with Crippen LogP contribution in [0.5, 0.6) is 11.6 Å². The fourth-order valence-electron chi connectivity index (χ4n) is 1.79. The van der Waals surface area contributed by atoms with Gasteiger partial charge in [-0.15, -0.1) is 0 Å². The molecule has 3 rings (SSSR count). The van der Waals surface area contributed by atoms with Gasteiger partial charge >= 0.3 is 0 Å². The van der Waals surface area contributed by atoms with Crippen molar-refractivity contribution in [3.8, 4) is 22.9 Å². The molecule has 0 spiro atoms. The van der Waals surface area contributed by atoms with E-state index in [-0.39, 0.29) is 0 Å². The molecule has 0 saturated carbocycles. The number of methoxy groups -OCH3 is 1. The Morgan fingerprint density at radius 1 is 1.32 bits per heavy atom. The third-order valence-electron chi connectivity index (χ3n) is 2.76. The molecule has 3 heterocycles. The van der Waals surface area contributed by atoms with E-state index in [1.165, 1.54) is 12.3 Å². The maximum atomic E-state index is 13.2. The van der Waals surface area contributed by atoms with Gasteiger partial charge in [0.2, 0.25) is 5.88 Å². The van der Waals surface area contributed by atoms with Crippen molar-refractivity contribution < 1.29 is 14.2 Å². The van der Waals surface area contributed by atoms with Crippen LogP contribution in [-0.2, 0) is 0 Å². The summed E-state index contributed by atoms with van der Waals surface area (Å²) in [7, 11) is 1.54. The Bertz CT molecular complexity index is 698. The van der Waals surface area contributed by atoms with Gasteiger partial charge in [-0.05, 0) is 6.07 Å². The molecular weight excluding hydrogens is 249 g/mol. The van der Waals surface area contributed by atoms with Crippen LogP contribution in [0.3, 0.4) is 0 Å². The van der Waals surface area contributed by atoms with E-state index in [0.29, 0.717) is 17.2 Å². The van der Waals surface area contributed by atoms with Gasteiger partial charge in [0.25, 0.3) is 0 Å². The van der Waals surface area contributed by atoms with E-state index in [0.717, 1.165) is 5.56 Å². The second-order valence-corrected chi connectivity index (χ2v) is 3.99. The third kappa shape index (κ3) is 1.97. The Morgan fingerprint density at radius 2 is 2.16 bits per heavy atom. The number of pyridine rings is 2. The van der Waals surface area contributed by atoms with Gasteiger partial charge < -0.3 is 14.2 Å². The second-order valence-electron chi connectivity index (χ2n) is 3.99. The van der Waals surface area contributed by atoms with Crippen molar-refractivity contribution in [2.75, 3.05) is 7.11 Å². The molecular formula is C13H10FN3O2. The average Bonchev–Trinajstić information content (AvgIpc) is 2.82. The Balaban J connectivity index is 2.09. The number of hydrogen-bond donors (Lipinski definition) is 1. The molecule has 0 aliphatic heterocycles. The highest BCUT2D eigenvalue weighted by atomic mass is 19.1. The van der Waals surface area contributed by atoms with Crippen LogP contribution in [0, 0.1) is 5.82 Å². The molecule has 96 valence electrons. The van der Waals surface area contributed by atoms with Gasteiger partial charge in [0, 0.05) is 30.1 Å². The highest BCUT2D eigenvalue weighted by Gasteiger charge is 2.08. The van der Waals surface area contributed by atoms with E-state index < -0.39 is 11.6 Å². The molecule has 0 radical (unpaired) electrons. The zero-order valence-electron chi connectivity index (χ0n) is 10.0. The van der Waals surface area contributed by atoms with E-state index in [2.05, 4.69) is 9.97 Å². The lowest BCUT2D eigenvalue weighted by Crippen LogP contribution is -1.87. The lowest BCUT2D eigenvalue weighted by Gasteiger charge is -1.98. The molecule has 19 heavy (non-hydrogen) atoms. The largest absolute Gasteiger partial charge is 0.504 e. The Hall–Kier alpha value is -2.63. The van der Waals surface area contributed by atoms with Crippen molar-refractivity contribution in [2.24, 2.45) is 0 Å². The van der Waals surface area contributed by atoms with Crippen molar-refractivity contribution in [1.29, 1.82) is 0 Å². The van der Waals surface area contributed by atoms with Gasteiger partial charge in [-0.1, -0.05) is 0 Å². The second kappa shape index (κ2) is 4.24. The number of fused-ring (bicyclic) bond motifs is 1. The van der Waals surface area contributed by atoms with Gasteiger partial charge in [-0.3, -0.25) is 0 Å². The van der Waals surface area contributed by atoms with Crippen LogP contribution in [0.15, 0.2) is 36.8 Å². The Labute approximate surface area is 107 Å². The maximum absolute atomic E-state index is 13.2. The zero-order valence-corrected chi connectivity index (χ0v) is 10.0. The molecule has 0 fully saturated rings. The molecule has 0 bridgehead atoms. The summed E-state index contributed by atoms with van der Waals surface area (Å²) >= 11 is 0. The van der Waals surface area contributed by atoms with E-state index in [9.17, 15) is 9.50 Å². The molecule has 1 N–H and O–H groups in total. The number of ether oxygens (including phenoxy) is 1. The summed E-state index contributed by atoms with van der Waals surface area (Å²) in [5.41, 5.74) is 1.84. The number of nitrogens with zero attached hydrogens (tertiary/aromatic N) is 3. The minimum Gasteiger partial charge on any atom is -0.504 e. The van der Waals surface area contributed by atoms with E-state index >= 15 is 0 Å². The molecule has 0 amide bonds. The standard InChI is InChI=1S/C13H10FN3O2/c1-19-13-3-2-8(5-15-13)10-6-17-7-11(18)9(14)4-12(17)16-10/h2-7,18H,1H3. The first-order valence-corrected chi connectivity index (χ1v) is 5.55. The molecule has 3 aromatic heterocycles. The SMILES string of the molecule is COc1ccc(-c2cn3cc(O)c(F)cc3n2)cn1. The molecule has 3 aromatic rings. The zero-order chi connectivity index (χ0) is 13.4. The minimum atomic E-state index is -0.697. The maximum Gasteiger partial charge on any atom is 0.212 e. The number of imidazole rings is 1. The Kier molecular flexibility index (Phi) is 2.56. The van der Waals surface area contributed by atoms with Gasteiger partial charge in [0.15, 0.2) is 11.6 Å². The number of rotatable bonds is 2. The van der Waals surface area contributed by atoms with Crippen LogP contribution in [0.1, 0.15) is 0 Å². The Morgan fingerprint density at radius 3 is 2.84 bits per heavy atom. The minimum absolute atomic E-state index is 0.413. The van der Waals surface area contributed by atoms with Crippen LogP contribution in [0.25, 0.3) is 16.9 Å². The fourth-order valence-corrected chi connectivity index (χ4v) is 1.79. The van der Waals surface area contributed by atoms with Crippen molar-refractivity contribution in [2.45, 2.75) is 0 Å². The molecule has 0 aliphatic rings. The van der Waals surface area contributed by atoms with Crippen LogP contribution >= 0.6 is 0 Å². The first-order chi connectivity index (χ1) is 9.17. The molecule has 6 heteroatoms. The normalized spacial score (nSPS) is 10.8. The predicted molar refractivity (Wildman–Crippen MR) is 66.6 cm³/mol. The van der Waals surface area contributed by atoms with Crippen LogP contribution in [0.2, 0.25) is 0 Å². The smallest absolute Gasteiger partial charge is 0.212 e. The molecule has 0 aliphatic carbocycles. The van der Waals surface area contributed by atoms with Crippen LogP contribution in [0.4, 0.5) is 4.39 Å². The first kappa shape index (κ1) is 11.5. The summed E-state index contributed by atoms with van der Waals surface area (Å²) in [5, 5.41) is 9.31. The number of hydrogen-bond acceptors (Lipinski definition) is 4. The van der Waals surface area contributed by atoms with Gasteiger partial charge in [-0.2, -0.15) is 0 Å². The van der Waals surface area contributed by atoms with Crippen molar-refractivity contribution in [1.82, 2.24) is 14.4 Å². The summed E-state index contributed by atoms with van der Waals surface area (Å²) in [5.74, 6) is -0.599. The van der Waals surface area contributed by atoms with Gasteiger partial charge in [-0.25, -0.2) is 14.4 Å². The summed E-state index contributed by atoms with van der Waals surface area (Å²) < 4.78 is 19.8. The van der Waals surface area contributed by atoms with Gasteiger partial charge in [0.1, 0.15) is 5.65 Å². The average molecular weight is 259 g/mol. The number of aromatic hydroxyl groups is 1. The van der Waals surface area contributed by atoms with Crippen molar-refractivity contribution in [3.05, 3.63) is 42.6 Å². The lowest BCUT2D eigenvalue weighted by atomic mass is 10.2. The highest BCUT2D eigenvalue weighted by molar-refractivity contribution is 5.62. The van der Waals surface area contributed by atoms with E-state index in [1.54, 1.807) is 30.0 Å². The molecule has 0 atom stereocenters. The van der Waals surface area contributed by atoms with Crippen molar-refractivity contribution in [3.63, 3.8) is 0 Å². The van der Waals surface area contributed by atoms with E-state index in [4.69, 9.17) is 4.74 Å². The third-order valence-corrected chi connectivity index (χ3v) is 2.76. The van der Waals surface area contributed by atoms with Crippen LogP contribution in [-0.4, -0.2) is 26.6 Å². The van der Waals surface area contributed by atoms with E-state index in [1.807, 2.05) is 6.07 Å². The van der Waals surface area contributed by atoms with Gasteiger partial charge in [0.05, 0.1) is 19.0 Å². The summed E-state index contributed by atoms with van der Waals surface area (Å²) in [4.78, 5) is 8.36. The summed E-state index contributed by atoms with van der Waals surface area (Å²) in [6.07, 6.45) is 4.59. The molecule has 5 nitrogen and oxygen atoms in total. The lowest BCUT2D eigenvalue weighted by molar-refractivity contribution is 0.398. The topological polar surface area (TPSA) is 59.7 Å². The quantitative estimate of drug-likeness (QED) is 0.766. The number of aromatic nitrogens is 3. The first-order valence-electron chi connectivity index (χ1n) is 5.55. The van der Waals surface area contributed by atoms with Crippen LogP contribution < -0.4 is 4.74 Å². The molecule has 0 saturated heterocycles. The summed E-state index contributed by atoms with van der Waals surface area (Å²) in [6, 6.07) is 4.71. The van der Waals surface area contributed by atoms with Crippen molar-refractivity contribution >= 4 is 5.65 Å². The predicted octanol–water partition coefficient (Wildman–Crippen LogP) is 2.25. The fraction of sp³-hybridized carbons (Fsp3) is 0.0769. The summed E-state index contributed by atoms with van der Waals surface area (Å²) in [6.45, 7) is 0.